The van der Waals surface area contributed by atoms with Crippen molar-refractivity contribution in [1.82, 2.24) is 9.97 Å². The molecular formula is C15H24N4O. The number of anilines is 2. The Labute approximate surface area is 120 Å². The van der Waals surface area contributed by atoms with Gasteiger partial charge in [-0.05, 0) is 18.9 Å². The van der Waals surface area contributed by atoms with Crippen LogP contribution in [0.25, 0.3) is 0 Å². The van der Waals surface area contributed by atoms with E-state index >= 15 is 0 Å². The second kappa shape index (κ2) is 6.88. The molecule has 0 unspecified atom stereocenters. The van der Waals surface area contributed by atoms with E-state index in [4.69, 9.17) is 4.74 Å². The molecule has 110 valence electrons. The highest BCUT2D eigenvalue weighted by atomic mass is 16.5. The molecule has 5 heteroatoms. The number of aromatic nitrogens is 2. The van der Waals surface area contributed by atoms with E-state index in [1.165, 1.54) is 38.5 Å². The first kappa shape index (κ1) is 13.6. The van der Waals surface area contributed by atoms with Gasteiger partial charge in [-0.15, -0.1) is 0 Å². The predicted octanol–water partition coefficient (Wildman–Crippen LogP) is 2.45. The Kier molecular flexibility index (Phi) is 4.69. The van der Waals surface area contributed by atoms with Crippen LogP contribution in [0.1, 0.15) is 38.5 Å². The molecule has 2 fully saturated rings. The van der Waals surface area contributed by atoms with Gasteiger partial charge < -0.3 is 15.0 Å². The second-order valence-corrected chi connectivity index (χ2v) is 5.67. The molecule has 20 heavy (non-hydrogen) atoms. The minimum atomic E-state index is 0.539. The largest absolute Gasteiger partial charge is 0.378 e. The molecule has 0 radical (unpaired) electrons. The molecule has 1 aromatic rings. The molecule has 3 rings (SSSR count). The van der Waals surface area contributed by atoms with Crippen molar-refractivity contribution in [2.45, 2.75) is 44.6 Å². The Morgan fingerprint density at radius 2 is 1.85 bits per heavy atom. The number of rotatable bonds is 3. The van der Waals surface area contributed by atoms with Gasteiger partial charge in [0.05, 0.1) is 13.2 Å². The van der Waals surface area contributed by atoms with Crippen molar-refractivity contribution in [3.05, 3.63) is 12.3 Å². The number of morpholine rings is 1. The topological polar surface area (TPSA) is 50.3 Å². The van der Waals surface area contributed by atoms with Crippen LogP contribution in [-0.2, 0) is 4.74 Å². The zero-order valence-corrected chi connectivity index (χ0v) is 12.1. The van der Waals surface area contributed by atoms with Gasteiger partial charge in [0.25, 0.3) is 0 Å². The molecule has 0 aromatic carbocycles. The van der Waals surface area contributed by atoms with Gasteiger partial charge in [0.2, 0.25) is 5.95 Å². The summed E-state index contributed by atoms with van der Waals surface area (Å²) in [6.45, 7) is 3.41. The first-order valence-electron chi connectivity index (χ1n) is 7.84. The molecular weight excluding hydrogens is 252 g/mol. The summed E-state index contributed by atoms with van der Waals surface area (Å²) in [6.07, 6.45) is 9.72. The molecule has 1 N–H and O–H groups in total. The van der Waals surface area contributed by atoms with E-state index in [2.05, 4.69) is 20.2 Å². The lowest BCUT2D eigenvalue weighted by Crippen LogP contribution is -2.37. The highest BCUT2D eigenvalue weighted by Gasteiger charge is 2.15. The third-order valence-corrected chi connectivity index (χ3v) is 4.16. The van der Waals surface area contributed by atoms with E-state index in [1.807, 2.05) is 12.3 Å². The quantitative estimate of drug-likeness (QED) is 0.859. The summed E-state index contributed by atoms with van der Waals surface area (Å²) in [4.78, 5) is 11.3. The maximum absolute atomic E-state index is 5.39. The summed E-state index contributed by atoms with van der Waals surface area (Å²) in [5.41, 5.74) is 0. The first-order valence-corrected chi connectivity index (χ1v) is 7.84. The van der Waals surface area contributed by atoms with Gasteiger partial charge >= 0.3 is 0 Å². The van der Waals surface area contributed by atoms with Crippen LogP contribution in [0.4, 0.5) is 11.8 Å². The Hall–Kier alpha value is -1.36. The maximum atomic E-state index is 5.39. The molecule has 1 saturated carbocycles. The molecule has 0 atom stereocenters. The van der Waals surface area contributed by atoms with Gasteiger partial charge in [-0.1, -0.05) is 25.7 Å². The van der Waals surface area contributed by atoms with Gasteiger partial charge in [-0.2, -0.15) is 4.98 Å². The standard InChI is InChI=1S/C15H24N4O/c1-2-4-6-13(5-3-1)17-15-16-8-7-14(18-15)19-9-11-20-12-10-19/h7-8,13H,1-6,9-12H2,(H,16,17,18). The number of hydrogen-bond donors (Lipinski definition) is 1. The van der Waals surface area contributed by atoms with Gasteiger partial charge in [-0.25, -0.2) is 4.98 Å². The van der Waals surface area contributed by atoms with E-state index in [-0.39, 0.29) is 0 Å². The van der Waals surface area contributed by atoms with Gasteiger partial charge in [0.1, 0.15) is 5.82 Å². The summed E-state index contributed by atoms with van der Waals surface area (Å²) in [5.74, 6) is 1.79. The summed E-state index contributed by atoms with van der Waals surface area (Å²) in [6, 6.07) is 2.53. The normalized spacial score (nSPS) is 21.5. The first-order chi connectivity index (χ1) is 9.92. The van der Waals surface area contributed by atoms with Crippen LogP contribution < -0.4 is 10.2 Å². The van der Waals surface area contributed by atoms with Crippen molar-refractivity contribution >= 4 is 11.8 Å². The fraction of sp³-hybridized carbons (Fsp3) is 0.733. The van der Waals surface area contributed by atoms with Crippen molar-refractivity contribution in [3.63, 3.8) is 0 Å². The molecule has 1 aliphatic heterocycles. The highest BCUT2D eigenvalue weighted by Crippen LogP contribution is 2.21. The molecule has 1 aliphatic carbocycles. The van der Waals surface area contributed by atoms with Crippen LogP contribution in [0.15, 0.2) is 12.3 Å². The number of hydrogen-bond acceptors (Lipinski definition) is 5. The van der Waals surface area contributed by atoms with Gasteiger partial charge in [-0.3, -0.25) is 0 Å². The van der Waals surface area contributed by atoms with Crippen LogP contribution in [0.5, 0.6) is 0 Å². The third-order valence-electron chi connectivity index (χ3n) is 4.16. The number of nitrogens with one attached hydrogen (secondary N) is 1. The van der Waals surface area contributed by atoms with Crippen molar-refractivity contribution < 1.29 is 4.74 Å². The average molecular weight is 276 g/mol. The number of nitrogens with zero attached hydrogens (tertiary/aromatic N) is 3. The lowest BCUT2D eigenvalue weighted by atomic mass is 10.1. The zero-order valence-electron chi connectivity index (χ0n) is 12.1. The third kappa shape index (κ3) is 3.60. The fourth-order valence-corrected chi connectivity index (χ4v) is 2.99. The molecule has 5 nitrogen and oxygen atoms in total. The average Bonchev–Trinajstić information content (AvgIpc) is 2.77. The number of ether oxygens (including phenoxy) is 1. The minimum Gasteiger partial charge on any atom is -0.378 e. The molecule has 1 saturated heterocycles. The maximum Gasteiger partial charge on any atom is 0.224 e. The molecule has 0 amide bonds. The zero-order chi connectivity index (χ0) is 13.6. The highest BCUT2D eigenvalue weighted by molar-refractivity contribution is 5.43. The molecule has 1 aromatic heterocycles. The van der Waals surface area contributed by atoms with Crippen LogP contribution >= 0.6 is 0 Å². The van der Waals surface area contributed by atoms with Crippen LogP contribution in [0, 0.1) is 0 Å². The van der Waals surface area contributed by atoms with Crippen LogP contribution in [0.3, 0.4) is 0 Å². The molecule has 2 heterocycles. The summed E-state index contributed by atoms with van der Waals surface area (Å²) in [7, 11) is 0. The predicted molar refractivity (Wildman–Crippen MR) is 80.2 cm³/mol. The van der Waals surface area contributed by atoms with Crippen molar-refractivity contribution in [1.29, 1.82) is 0 Å². The van der Waals surface area contributed by atoms with Crippen molar-refractivity contribution in [3.8, 4) is 0 Å². The monoisotopic (exact) mass is 276 g/mol. The molecule has 2 aliphatic rings. The van der Waals surface area contributed by atoms with Crippen LogP contribution in [0.2, 0.25) is 0 Å². The van der Waals surface area contributed by atoms with E-state index in [9.17, 15) is 0 Å². The minimum absolute atomic E-state index is 0.539. The van der Waals surface area contributed by atoms with E-state index in [0.717, 1.165) is 38.1 Å². The Balaban J connectivity index is 1.64. The van der Waals surface area contributed by atoms with Gasteiger partial charge in [0, 0.05) is 25.3 Å². The van der Waals surface area contributed by atoms with E-state index < -0.39 is 0 Å². The lowest BCUT2D eigenvalue weighted by molar-refractivity contribution is 0.122. The molecule has 0 spiro atoms. The van der Waals surface area contributed by atoms with Crippen molar-refractivity contribution in [2.75, 3.05) is 36.5 Å². The lowest BCUT2D eigenvalue weighted by Gasteiger charge is -2.28. The SMILES string of the molecule is c1cc(N2CCOCC2)nc(NC2CCCCCC2)n1. The van der Waals surface area contributed by atoms with E-state index in [1.54, 1.807) is 0 Å². The smallest absolute Gasteiger partial charge is 0.224 e. The van der Waals surface area contributed by atoms with Gasteiger partial charge in [0.15, 0.2) is 0 Å². The molecule has 0 bridgehead atoms. The Bertz CT molecular complexity index is 412. The second-order valence-electron chi connectivity index (χ2n) is 5.67. The summed E-state index contributed by atoms with van der Waals surface area (Å²) in [5, 5.41) is 3.52. The van der Waals surface area contributed by atoms with Crippen LogP contribution in [-0.4, -0.2) is 42.3 Å². The van der Waals surface area contributed by atoms with Crippen molar-refractivity contribution in [2.24, 2.45) is 0 Å². The van der Waals surface area contributed by atoms with E-state index in [0.29, 0.717) is 6.04 Å². The Morgan fingerprint density at radius 3 is 2.60 bits per heavy atom. The summed E-state index contributed by atoms with van der Waals surface area (Å²) < 4.78 is 5.39. The summed E-state index contributed by atoms with van der Waals surface area (Å²) >= 11 is 0. The Morgan fingerprint density at radius 1 is 1.10 bits per heavy atom. The fourth-order valence-electron chi connectivity index (χ4n) is 2.99.